The third-order valence-electron chi connectivity index (χ3n) is 3.53. The zero-order valence-electron chi connectivity index (χ0n) is 13.3. The van der Waals surface area contributed by atoms with Crippen molar-refractivity contribution in [1.82, 2.24) is 4.72 Å². The van der Waals surface area contributed by atoms with Gasteiger partial charge in [0.15, 0.2) is 0 Å². The smallest absolute Gasteiger partial charge is 0.241 e. The molecule has 1 aromatic rings. The lowest BCUT2D eigenvalue weighted by Crippen LogP contribution is -2.29. The molecule has 0 unspecified atom stereocenters. The first-order chi connectivity index (χ1) is 9.81. The Bertz CT molecular complexity index is 557. The molecule has 0 heterocycles. The molecular weight excluding hydrogens is 288 g/mol. The molecule has 1 rings (SSSR count). The van der Waals surface area contributed by atoms with Gasteiger partial charge in [-0.15, -0.1) is 0 Å². The van der Waals surface area contributed by atoms with Crippen LogP contribution in [0.3, 0.4) is 0 Å². The Morgan fingerprint density at radius 3 is 2.48 bits per heavy atom. The molecule has 0 aromatic heterocycles. The van der Waals surface area contributed by atoms with Crippen LogP contribution in [0.1, 0.15) is 36.5 Å². The summed E-state index contributed by atoms with van der Waals surface area (Å²) in [6.07, 6.45) is 2.05. The molecular formula is C15H26N2O3S. The first-order valence-corrected chi connectivity index (χ1v) is 8.73. The summed E-state index contributed by atoms with van der Waals surface area (Å²) >= 11 is 0. The molecule has 6 heteroatoms. The molecule has 5 nitrogen and oxygen atoms in total. The molecule has 1 aromatic carbocycles. The van der Waals surface area contributed by atoms with Crippen LogP contribution in [-0.2, 0) is 14.8 Å². The van der Waals surface area contributed by atoms with Crippen LogP contribution in [0.25, 0.3) is 0 Å². The van der Waals surface area contributed by atoms with E-state index >= 15 is 0 Å². The van der Waals surface area contributed by atoms with Crippen LogP contribution in [0.5, 0.6) is 0 Å². The second-order valence-electron chi connectivity index (χ2n) is 5.23. The van der Waals surface area contributed by atoms with Gasteiger partial charge in [-0.3, -0.25) is 0 Å². The Morgan fingerprint density at radius 1 is 1.19 bits per heavy atom. The fourth-order valence-corrected chi connectivity index (χ4v) is 3.69. The molecule has 0 aliphatic rings. The van der Waals surface area contributed by atoms with E-state index in [4.69, 9.17) is 10.5 Å². The van der Waals surface area contributed by atoms with Crippen LogP contribution < -0.4 is 10.5 Å². The average Bonchev–Trinajstić information content (AvgIpc) is 2.40. The molecule has 21 heavy (non-hydrogen) atoms. The number of benzene rings is 1. The number of unbranched alkanes of at least 4 members (excludes halogenated alkanes) is 1. The number of ether oxygens (including phenoxy) is 1. The Hall–Kier alpha value is -1.11. The van der Waals surface area contributed by atoms with Crippen molar-refractivity contribution in [2.75, 3.05) is 25.5 Å². The van der Waals surface area contributed by atoms with Crippen molar-refractivity contribution in [2.45, 2.75) is 45.4 Å². The SMILES string of the molecule is CCCCOCCNS(=O)(=O)c1c(C)c(C)cc(N)c1C. The zero-order chi connectivity index (χ0) is 16.0. The fourth-order valence-electron chi connectivity index (χ4n) is 2.11. The molecule has 0 saturated carbocycles. The van der Waals surface area contributed by atoms with Crippen LogP contribution >= 0.6 is 0 Å². The summed E-state index contributed by atoms with van der Waals surface area (Å²) < 4.78 is 32.8. The van der Waals surface area contributed by atoms with Crippen LogP contribution in [-0.4, -0.2) is 28.2 Å². The van der Waals surface area contributed by atoms with Gasteiger partial charge in [0.05, 0.1) is 11.5 Å². The minimum Gasteiger partial charge on any atom is -0.398 e. The second kappa shape index (κ2) is 7.77. The summed E-state index contributed by atoms with van der Waals surface area (Å²) in [5, 5.41) is 0. The van der Waals surface area contributed by atoms with Gasteiger partial charge in [-0.2, -0.15) is 0 Å². The van der Waals surface area contributed by atoms with E-state index in [-0.39, 0.29) is 11.4 Å². The van der Waals surface area contributed by atoms with Gasteiger partial charge in [-0.25, -0.2) is 13.1 Å². The normalized spacial score (nSPS) is 11.8. The Morgan fingerprint density at radius 2 is 1.86 bits per heavy atom. The molecule has 0 fully saturated rings. The number of rotatable bonds is 8. The third kappa shape index (κ3) is 4.69. The standard InChI is InChI=1S/C15H26N2O3S/c1-5-6-8-20-9-7-17-21(18,19)15-12(3)11(2)10-14(16)13(15)4/h10,17H,5-9,16H2,1-4H3. The van der Waals surface area contributed by atoms with E-state index in [9.17, 15) is 8.42 Å². The summed E-state index contributed by atoms with van der Waals surface area (Å²) in [4.78, 5) is 0.286. The van der Waals surface area contributed by atoms with Gasteiger partial charge in [0.2, 0.25) is 10.0 Å². The first kappa shape index (κ1) is 17.9. The van der Waals surface area contributed by atoms with Gasteiger partial charge in [0, 0.05) is 18.8 Å². The first-order valence-electron chi connectivity index (χ1n) is 7.25. The van der Waals surface area contributed by atoms with E-state index in [0.717, 1.165) is 24.0 Å². The summed E-state index contributed by atoms with van der Waals surface area (Å²) in [5.74, 6) is 0. The number of hydrogen-bond acceptors (Lipinski definition) is 4. The molecule has 0 aliphatic carbocycles. The average molecular weight is 314 g/mol. The molecule has 3 N–H and O–H groups in total. The van der Waals surface area contributed by atoms with Gasteiger partial charge < -0.3 is 10.5 Å². The van der Waals surface area contributed by atoms with Crippen molar-refractivity contribution in [1.29, 1.82) is 0 Å². The maximum Gasteiger partial charge on any atom is 0.241 e. The predicted octanol–water partition coefficient (Wildman–Crippen LogP) is 2.29. The van der Waals surface area contributed by atoms with Crippen molar-refractivity contribution in [3.8, 4) is 0 Å². The van der Waals surface area contributed by atoms with E-state index in [2.05, 4.69) is 11.6 Å². The minimum atomic E-state index is -3.57. The quantitative estimate of drug-likeness (QED) is 0.570. The summed E-state index contributed by atoms with van der Waals surface area (Å²) in [6, 6.07) is 1.80. The van der Waals surface area contributed by atoms with E-state index in [0.29, 0.717) is 24.5 Å². The molecule has 0 amide bonds. The summed E-state index contributed by atoms with van der Waals surface area (Å²) in [7, 11) is -3.57. The monoisotopic (exact) mass is 314 g/mol. The van der Waals surface area contributed by atoms with Gasteiger partial charge in [-0.05, 0) is 49.9 Å². The number of sulfonamides is 1. The highest BCUT2D eigenvalue weighted by molar-refractivity contribution is 7.89. The number of nitrogen functional groups attached to an aromatic ring is 1. The van der Waals surface area contributed by atoms with Crippen LogP contribution in [0.4, 0.5) is 5.69 Å². The zero-order valence-corrected chi connectivity index (χ0v) is 14.1. The third-order valence-corrected chi connectivity index (χ3v) is 5.26. The van der Waals surface area contributed by atoms with Crippen LogP contribution in [0.15, 0.2) is 11.0 Å². The van der Waals surface area contributed by atoms with Crippen molar-refractivity contribution >= 4 is 15.7 Å². The Kier molecular flexibility index (Phi) is 6.64. The van der Waals surface area contributed by atoms with Gasteiger partial charge >= 0.3 is 0 Å². The minimum absolute atomic E-state index is 0.263. The lowest BCUT2D eigenvalue weighted by molar-refractivity contribution is 0.136. The molecule has 0 bridgehead atoms. The highest BCUT2D eigenvalue weighted by Gasteiger charge is 2.21. The maximum atomic E-state index is 12.4. The largest absolute Gasteiger partial charge is 0.398 e. The number of hydrogen-bond donors (Lipinski definition) is 2. The van der Waals surface area contributed by atoms with Crippen molar-refractivity contribution in [3.63, 3.8) is 0 Å². The lowest BCUT2D eigenvalue weighted by atomic mass is 10.1. The molecule has 0 saturated heterocycles. The number of nitrogens with two attached hydrogens (primary N) is 1. The molecule has 0 radical (unpaired) electrons. The van der Waals surface area contributed by atoms with Gasteiger partial charge in [0.1, 0.15) is 0 Å². The molecule has 120 valence electrons. The predicted molar refractivity (Wildman–Crippen MR) is 86.0 cm³/mol. The second-order valence-corrected chi connectivity index (χ2v) is 6.93. The summed E-state index contributed by atoms with van der Waals surface area (Å²) in [5.41, 5.74) is 8.58. The molecule has 0 aliphatic heterocycles. The van der Waals surface area contributed by atoms with E-state index < -0.39 is 10.0 Å². The summed E-state index contributed by atoms with van der Waals surface area (Å²) in [6.45, 7) is 8.77. The number of anilines is 1. The highest BCUT2D eigenvalue weighted by Crippen LogP contribution is 2.27. The van der Waals surface area contributed by atoms with E-state index in [1.54, 1.807) is 19.9 Å². The number of aryl methyl sites for hydroxylation is 1. The van der Waals surface area contributed by atoms with Gasteiger partial charge in [-0.1, -0.05) is 13.3 Å². The number of nitrogens with one attached hydrogen (secondary N) is 1. The van der Waals surface area contributed by atoms with Crippen molar-refractivity contribution in [3.05, 3.63) is 22.8 Å². The van der Waals surface area contributed by atoms with E-state index in [1.165, 1.54) is 0 Å². The van der Waals surface area contributed by atoms with E-state index in [1.807, 2.05) is 6.92 Å². The maximum absolute atomic E-state index is 12.4. The van der Waals surface area contributed by atoms with Crippen molar-refractivity contribution < 1.29 is 13.2 Å². The molecule has 0 atom stereocenters. The van der Waals surface area contributed by atoms with Crippen molar-refractivity contribution in [2.24, 2.45) is 0 Å². The highest BCUT2D eigenvalue weighted by atomic mass is 32.2. The fraction of sp³-hybridized carbons (Fsp3) is 0.600. The Balaban J connectivity index is 2.80. The van der Waals surface area contributed by atoms with Crippen LogP contribution in [0, 0.1) is 20.8 Å². The molecule has 0 spiro atoms. The lowest BCUT2D eigenvalue weighted by Gasteiger charge is -2.16. The topological polar surface area (TPSA) is 81.4 Å². The van der Waals surface area contributed by atoms with Gasteiger partial charge in [0.25, 0.3) is 0 Å². The Labute approximate surface area is 127 Å². The van der Waals surface area contributed by atoms with Crippen LogP contribution in [0.2, 0.25) is 0 Å².